The molecule has 4 heteroatoms. The molecular weight excluding hydrogens is 214 g/mol. The van der Waals surface area contributed by atoms with E-state index in [1.807, 2.05) is 24.3 Å². The summed E-state index contributed by atoms with van der Waals surface area (Å²) in [5.74, 6) is 0.736. The molecule has 1 aromatic heterocycles. The second-order valence-electron chi connectivity index (χ2n) is 3.73. The van der Waals surface area contributed by atoms with Crippen LogP contribution in [-0.4, -0.2) is 12.1 Å². The van der Waals surface area contributed by atoms with Crippen molar-refractivity contribution in [3.8, 4) is 0 Å². The Morgan fingerprint density at radius 2 is 2.18 bits per heavy atom. The SMILES string of the molecule is COCc1cccc(Nc2cc(N)ccn2)c1. The summed E-state index contributed by atoms with van der Waals surface area (Å²) < 4.78 is 5.09. The second kappa shape index (κ2) is 5.32. The molecule has 3 N–H and O–H groups in total. The smallest absolute Gasteiger partial charge is 0.132 e. The molecule has 0 bridgehead atoms. The van der Waals surface area contributed by atoms with Crippen LogP contribution in [0.15, 0.2) is 42.6 Å². The first kappa shape index (κ1) is 11.4. The van der Waals surface area contributed by atoms with Crippen LogP contribution < -0.4 is 11.1 Å². The van der Waals surface area contributed by atoms with Crippen molar-refractivity contribution < 1.29 is 4.74 Å². The molecule has 0 spiro atoms. The Balaban J connectivity index is 2.15. The van der Waals surface area contributed by atoms with E-state index < -0.39 is 0 Å². The van der Waals surface area contributed by atoms with Gasteiger partial charge in [-0.25, -0.2) is 4.98 Å². The first-order valence-electron chi connectivity index (χ1n) is 5.34. The van der Waals surface area contributed by atoms with Crippen LogP contribution in [0.5, 0.6) is 0 Å². The number of rotatable bonds is 4. The van der Waals surface area contributed by atoms with Gasteiger partial charge in [-0.3, -0.25) is 0 Å². The molecule has 4 nitrogen and oxygen atoms in total. The number of nitrogens with zero attached hydrogens (tertiary/aromatic N) is 1. The van der Waals surface area contributed by atoms with Crippen molar-refractivity contribution >= 4 is 17.2 Å². The average Bonchev–Trinajstić information content (AvgIpc) is 2.30. The van der Waals surface area contributed by atoms with Gasteiger partial charge in [0.2, 0.25) is 0 Å². The van der Waals surface area contributed by atoms with Crippen LogP contribution >= 0.6 is 0 Å². The lowest BCUT2D eigenvalue weighted by atomic mass is 10.2. The first-order valence-corrected chi connectivity index (χ1v) is 5.34. The monoisotopic (exact) mass is 229 g/mol. The van der Waals surface area contributed by atoms with Crippen LogP contribution in [0.25, 0.3) is 0 Å². The minimum Gasteiger partial charge on any atom is -0.399 e. The van der Waals surface area contributed by atoms with Crippen LogP contribution in [0.1, 0.15) is 5.56 Å². The van der Waals surface area contributed by atoms with Crippen LogP contribution in [0, 0.1) is 0 Å². The zero-order valence-corrected chi connectivity index (χ0v) is 9.68. The third-order valence-electron chi connectivity index (χ3n) is 2.29. The van der Waals surface area contributed by atoms with E-state index in [-0.39, 0.29) is 0 Å². The van der Waals surface area contributed by atoms with E-state index in [0.717, 1.165) is 17.1 Å². The van der Waals surface area contributed by atoms with E-state index >= 15 is 0 Å². The molecule has 0 unspecified atom stereocenters. The minimum absolute atomic E-state index is 0.597. The fourth-order valence-corrected chi connectivity index (χ4v) is 1.57. The lowest BCUT2D eigenvalue weighted by Crippen LogP contribution is -1.96. The molecule has 1 heterocycles. The van der Waals surface area contributed by atoms with Gasteiger partial charge in [0, 0.05) is 30.7 Å². The van der Waals surface area contributed by atoms with Crippen molar-refractivity contribution in [1.29, 1.82) is 0 Å². The third-order valence-corrected chi connectivity index (χ3v) is 2.29. The number of methoxy groups -OCH3 is 1. The molecule has 2 rings (SSSR count). The van der Waals surface area contributed by atoms with Crippen molar-refractivity contribution in [2.24, 2.45) is 0 Å². The van der Waals surface area contributed by atoms with Crippen LogP contribution in [0.2, 0.25) is 0 Å². The largest absolute Gasteiger partial charge is 0.399 e. The maximum Gasteiger partial charge on any atom is 0.132 e. The predicted molar refractivity (Wildman–Crippen MR) is 69.1 cm³/mol. The van der Waals surface area contributed by atoms with Gasteiger partial charge in [0.25, 0.3) is 0 Å². The van der Waals surface area contributed by atoms with Crippen LogP contribution in [0.3, 0.4) is 0 Å². The van der Waals surface area contributed by atoms with Gasteiger partial charge in [0.15, 0.2) is 0 Å². The average molecular weight is 229 g/mol. The van der Waals surface area contributed by atoms with E-state index in [2.05, 4.69) is 10.3 Å². The molecule has 1 aromatic carbocycles. The number of benzene rings is 1. The zero-order chi connectivity index (χ0) is 12.1. The molecule has 2 aromatic rings. The van der Waals surface area contributed by atoms with Crippen molar-refractivity contribution in [3.05, 3.63) is 48.2 Å². The van der Waals surface area contributed by atoms with E-state index in [9.17, 15) is 0 Å². The Bertz CT molecular complexity index is 500. The van der Waals surface area contributed by atoms with Crippen LogP contribution in [-0.2, 0) is 11.3 Å². The van der Waals surface area contributed by atoms with Crippen molar-refractivity contribution in [3.63, 3.8) is 0 Å². The maximum atomic E-state index is 5.69. The van der Waals surface area contributed by atoms with Crippen LogP contribution in [0.4, 0.5) is 17.2 Å². The number of nitrogens with two attached hydrogens (primary N) is 1. The molecule has 0 aliphatic carbocycles. The molecule has 0 aliphatic heterocycles. The molecule has 0 saturated carbocycles. The van der Waals surface area contributed by atoms with Gasteiger partial charge < -0.3 is 15.8 Å². The molecule has 17 heavy (non-hydrogen) atoms. The number of pyridine rings is 1. The quantitative estimate of drug-likeness (QED) is 0.845. The fourth-order valence-electron chi connectivity index (χ4n) is 1.57. The summed E-state index contributed by atoms with van der Waals surface area (Å²) in [7, 11) is 1.68. The molecule has 0 amide bonds. The second-order valence-corrected chi connectivity index (χ2v) is 3.73. The molecular formula is C13H15N3O. The van der Waals surface area contributed by atoms with E-state index in [0.29, 0.717) is 12.3 Å². The highest BCUT2D eigenvalue weighted by Gasteiger charge is 1.98. The van der Waals surface area contributed by atoms with Gasteiger partial charge in [-0.15, -0.1) is 0 Å². The lowest BCUT2D eigenvalue weighted by molar-refractivity contribution is 0.185. The number of anilines is 3. The minimum atomic E-state index is 0.597. The number of nitrogen functional groups attached to an aromatic ring is 1. The Labute approximate surface area is 100 Å². The van der Waals surface area contributed by atoms with Crippen molar-refractivity contribution in [1.82, 2.24) is 4.98 Å². The molecule has 0 radical (unpaired) electrons. The first-order chi connectivity index (χ1) is 8.28. The Morgan fingerprint density at radius 1 is 1.29 bits per heavy atom. The molecule has 0 fully saturated rings. The van der Waals surface area contributed by atoms with Gasteiger partial charge in [-0.05, 0) is 23.8 Å². The summed E-state index contributed by atoms with van der Waals surface area (Å²) in [6, 6.07) is 11.5. The Morgan fingerprint density at radius 3 is 2.94 bits per heavy atom. The predicted octanol–water partition coefficient (Wildman–Crippen LogP) is 2.55. The highest BCUT2D eigenvalue weighted by Crippen LogP contribution is 2.17. The van der Waals surface area contributed by atoms with Gasteiger partial charge in [-0.2, -0.15) is 0 Å². The topological polar surface area (TPSA) is 60.2 Å². The standard InChI is InChI=1S/C13H15N3O/c1-17-9-10-3-2-4-12(7-10)16-13-8-11(14)5-6-15-13/h2-8H,9H2,1H3,(H3,14,15,16). The highest BCUT2D eigenvalue weighted by molar-refractivity contribution is 5.60. The number of aromatic nitrogens is 1. The van der Waals surface area contributed by atoms with Gasteiger partial charge in [0.1, 0.15) is 5.82 Å². The molecule has 0 saturated heterocycles. The summed E-state index contributed by atoms with van der Waals surface area (Å²) >= 11 is 0. The lowest BCUT2D eigenvalue weighted by Gasteiger charge is -2.07. The summed E-state index contributed by atoms with van der Waals surface area (Å²) in [6.45, 7) is 0.597. The summed E-state index contributed by atoms with van der Waals surface area (Å²) in [4.78, 5) is 4.19. The number of ether oxygens (including phenoxy) is 1. The Kier molecular flexibility index (Phi) is 3.57. The highest BCUT2D eigenvalue weighted by atomic mass is 16.5. The molecule has 0 aliphatic rings. The number of nitrogens with one attached hydrogen (secondary N) is 1. The van der Waals surface area contributed by atoms with Gasteiger partial charge in [-0.1, -0.05) is 12.1 Å². The maximum absolute atomic E-state index is 5.69. The fraction of sp³-hybridized carbons (Fsp3) is 0.154. The molecule has 88 valence electrons. The van der Waals surface area contributed by atoms with E-state index in [1.54, 1.807) is 25.4 Å². The van der Waals surface area contributed by atoms with Crippen molar-refractivity contribution in [2.75, 3.05) is 18.2 Å². The van der Waals surface area contributed by atoms with E-state index in [1.165, 1.54) is 0 Å². The third kappa shape index (κ3) is 3.19. The number of hydrogen-bond acceptors (Lipinski definition) is 4. The van der Waals surface area contributed by atoms with Crippen molar-refractivity contribution in [2.45, 2.75) is 6.61 Å². The molecule has 0 atom stereocenters. The van der Waals surface area contributed by atoms with E-state index in [4.69, 9.17) is 10.5 Å². The van der Waals surface area contributed by atoms with Gasteiger partial charge >= 0.3 is 0 Å². The van der Waals surface area contributed by atoms with Gasteiger partial charge in [0.05, 0.1) is 6.61 Å². The normalized spacial score (nSPS) is 10.2. The summed E-state index contributed by atoms with van der Waals surface area (Å²) in [6.07, 6.45) is 1.68. The summed E-state index contributed by atoms with van der Waals surface area (Å²) in [5.41, 5.74) is 8.46. The zero-order valence-electron chi connectivity index (χ0n) is 9.68. The Hall–Kier alpha value is -2.07. The summed E-state index contributed by atoms with van der Waals surface area (Å²) in [5, 5.41) is 3.20. The number of hydrogen-bond donors (Lipinski definition) is 2.